The number of hydrogen-bond acceptors (Lipinski definition) is 1. The maximum Gasteiger partial charge on any atom is 0.108 e. The quantitative estimate of drug-likeness (QED) is 0.764. The molecule has 0 saturated carbocycles. The molecule has 0 atom stereocenters. The number of hydrogen-bond donors (Lipinski definition) is 0. The van der Waals surface area contributed by atoms with Crippen LogP contribution in [0.3, 0.4) is 0 Å². The minimum Gasteiger partial charge on any atom is -0.331 e. The van der Waals surface area contributed by atoms with Gasteiger partial charge in [0.15, 0.2) is 0 Å². The number of imidazole rings is 1. The first kappa shape index (κ1) is 10.9. The average molecular weight is 214 g/mol. The van der Waals surface area contributed by atoms with Crippen LogP contribution in [0.4, 0.5) is 0 Å². The average Bonchev–Trinajstić information content (AvgIpc) is 2.66. The standard InChI is InChI=1S/C14H18N2/c1-3-5-14-15-8-9-16(14)11-13-7-4-6-12(2)10-13/h4,6-10H,3,5,11H2,1-2H3. The van der Waals surface area contributed by atoms with Crippen LogP contribution in [0.15, 0.2) is 36.7 Å². The maximum absolute atomic E-state index is 4.39. The highest BCUT2D eigenvalue weighted by Crippen LogP contribution is 2.09. The fourth-order valence-electron chi connectivity index (χ4n) is 1.94. The van der Waals surface area contributed by atoms with E-state index >= 15 is 0 Å². The lowest BCUT2D eigenvalue weighted by Gasteiger charge is -2.07. The molecule has 0 amide bonds. The van der Waals surface area contributed by atoms with E-state index < -0.39 is 0 Å². The van der Waals surface area contributed by atoms with E-state index in [0.717, 1.165) is 19.4 Å². The number of aryl methyl sites for hydroxylation is 2. The Kier molecular flexibility index (Phi) is 3.40. The molecule has 1 heterocycles. The van der Waals surface area contributed by atoms with E-state index in [0.29, 0.717) is 0 Å². The molecule has 0 aliphatic carbocycles. The van der Waals surface area contributed by atoms with Crippen molar-refractivity contribution in [2.45, 2.75) is 33.2 Å². The molecule has 2 aromatic rings. The third-order valence-electron chi connectivity index (χ3n) is 2.71. The Morgan fingerprint density at radius 1 is 1.31 bits per heavy atom. The van der Waals surface area contributed by atoms with Crippen LogP contribution < -0.4 is 0 Å². The highest BCUT2D eigenvalue weighted by atomic mass is 15.1. The van der Waals surface area contributed by atoms with E-state index in [1.165, 1.54) is 17.0 Å². The number of aromatic nitrogens is 2. The molecule has 0 unspecified atom stereocenters. The van der Waals surface area contributed by atoms with E-state index in [1.54, 1.807) is 0 Å². The van der Waals surface area contributed by atoms with E-state index in [1.807, 2.05) is 6.20 Å². The summed E-state index contributed by atoms with van der Waals surface area (Å²) in [7, 11) is 0. The smallest absolute Gasteiger partial charge is 0.108 e. The van der Waals surface area contributed by atoms with Crippen LogP contribution >= 0.6 is 0 Å². The monoisotopic (exact) mass is 214 g/mol. The molecular weight excluding hydrogens is 196 g/mol. The first-order valence-corrected chi connectivity index (χ1v) is 5.85. The highest BCUT2D eigenvalue weighted by Gasteiger charge is 2.02. The number of rotatable bonds is 4. The zero-order valence-electron chi connectivity index (χ0n) is 9.98. The molecule has 2 nitrogen and oxygen atoms in total. The van der Waals surface area contributed by atoms with Crippen LogP contribution in [0.1, 0.15) is 30.3 Å². The third kappa shape index (κ3) is 2.51. The van der Waals surface area contributed by atoms with Gasteiger partial charge in [-0.15, -0.1) is 0 Å². The molecule has 1 aromatic heterocycles. The van der Waals surface area contributed by atoms with Gasteiger partial charge in [0.1, 0.15) is 5.82 Å². The second-order valence-corrected chi connectivity index (χ2v) is 4.21. The van der Waals surface area contributed by atoms with Crippen molar-refractivity contribution in [1.82, 2.24) is 9.55 Å². The summed E-state index contributed by atoms with van der Waals surface area (Å²) in [6, 6.07) is 8.64. The van der Waals surface area contributed by atoms with Crippen LogP contribution in [0.5, 0.6) is 0 Å². The topological polar surface area (TPSA) is 17.8 Å². The van der Waals surface area contributed by atoms with E-state index in [-0.39, 0.29) is 0 Å². The minimum absolute atomic E-state index is 0.928. The van der Waals surface area contributed by atoms with Gasteiger partial charge in [-0.25, -0.2) is 4.98 Å². The summed E-state index contributed by atoms with van der Waals surface area (Å²) < 4.78 is 2.23. The second kappa shape index (κ2) is 4.97. The summed E-state index contributed by atoms with van der Waals surface area (Å²) in [5.74, 6) is 1.18. The Bertz CT molecular complexity index is 457. The fourth-order valence-corrected chi connectivity index (χ4v) is 1.94. The molecule has 16 heavy (non-hydrogen) atoms. The van der Waals surface area contributed by atoms with E-state index in [2.05, 4.69) is 53.9 Å². The van der Waals surface area contributed by atoms with Crippen molar-refractivity contribution >= 4 is 0 Å². The highest BCUT2D eigenvalue weighted by molar-refractivity contribution is 5.22. The molecule has 0 saturated heterocycles. The molecule has 0 radical (unpaired) electrons. The second-order valence-electron chi connectivity index (χ2n) is 4.21. The van der Waals surface area contributed by atoms with Crippen molar-refractivity contribution in [3.05, 3.63) is 53.6 Å². The zero-order chi connectivity index (χ0) is 11.4. The predicted octanol–water partition coefficient (Wildman–Crippen LogP) is 3.19. The maximum atomic E-state index is 4.39. The first-order valence-electron chi connectivity index (χ1n) is 5.85. The summed E-state index contributed by atoms with van der Waals surface area (Å²) in [4.78, 5) is 4.39. The minimum atomic E-state index is 0.928. The van der Waals surface area contributed by atoms with E-state index in [4.69, 9.17) is 0 Å². The van der Waals surface area contributed by atoms with Gasteiger partial charge in [0.05, 0.1) is 0 Å². The molecule has 0 spiro atoms. The summed E-state index contributed by atoms with van der Waals surface area (Å²) in [6.07, 6.45) is 6.15. The van der Waals surface area contributed by atoms with Gasteiger partial charge < -0.3 is 4.57 Å². The van der Waals surface area contributed by atoms with Gasteiger partial charge in [0.2, 0.25) is 0 Å². The van der Waals surface area contributed by atoms with Gasteiger partial charge in [0, 0.05) is 25.4 Å². The van der Waals surface area contributed by atoms with Gasteiger partial charge in [-0.2, -0.15) is 0 Å². The molecule has 1 aromatic carbocycles. The Hall–Kier alpha value is -1.57. The predicted molar refractivity (Wildman–Crippen MR) is 66.5 cm³/mol. The van der Waals surface area contributed by atoms with Crippen LogP contribution in [-0.4, -0.2) is 9.55 Å². The summed E-state index contributed by atoms with van der Waals surface area (Å²) >= 11 is 0. The summed E-state index contributed by atoms with van der Waals surface area (Å²) in [6.45, 7) is 5.24. The van der Waals surface area contributed by atoms with Crippen LogP contribution in [-0.2, 0) is 13.0 Å². The van der Waals surface area contributed by atoms with E-state index in [9.17, 15) is 0 Å². The molecule has 0 N–H and O–H groups in total. The zero-order valence-corrected chi connectivity index (χ0v) is 9.98. The van der Waals surface area contributed by atoms with Crippen LogP contribution in [0.25, 0.3) is 0 Å². The molecule has 0 fully saturated rings. The van der Waals surface area contributed by atoms with Crippen LogP contribution in [0, 0.1) is 6.92 Å². The number of nitrogens with zero attached hydrogens (tertiary/aromatic N) is 2. The van der Waals surface area contributed by atoms with Crippen molar-refractivity contribution in [3.8, 4) is 0 Å². The lowest BCUT2D eigenvalue weighted by Crippen LogP contribution is -2.04. The van der Waals surface area contributed by atoms with Crippen molar-refractivity contribution in [3.63, 3.8) is 0 Å². The SMILES string of the molecule is CCCc1nccn1Cc1cccc(C)c1. The van der Waals surface area contributed by atoms with Crippen molar-refractivity contribution in [1.29, 1.82) is 0 Å². The Labute approximate surface area is 97.0 Å². The number of benzene rings is 1. The van der Waals surface area contributed by atoms with Crippen LogP contribution in [0.2, 0.25) is 0 Å². The Morgan fingerprint density at radius 3 is 2.94 bits per heavy atom. The van der Waals surface area contributed by atoms with Gasteiger partial charge in [-0.05, 0) is 18.9 Å². The summed E-state index contributed by atoms with van der Waals surface area (Å²) in [5.41, 5.74) is 2.66. The Morgan fingerprint density at radius 2 is 2.19 bits per heavy atom. The normalized spacial score (nSPS) is 10.6. The van der Waals surface area contributed by atoms with Crippen molar-refractivity contribution in [2.24, 2.45) is 0 Å². The first-order chi connectivity index (χ1) is 7.79. The van der Waals surface area contributed by atoms with Gasteiger partial charge in [-0.3, -0.25) is 0 Å². The Balaban J connectivity index is 2.17. The van der Waals surface area contributed by atoms with Gasteiger partial charge in [0.25, 0.3) is 0 Å². The molecule has 0 aliphatic rings. The summed E-state index contributed by atoms with van der Waals surface area (Å²) in [5, 5.41) is 0. The third-order valence-corrected chi connectivity index (χ3v) is 2.71. The van der Waals surface area contributed by atoms with Crippen molar-refractivity contribution in [2.75, 3.05) is 0 Å². The van der Waals surface area contributed by atoms with Gasteiger partial charge in [-0.1, -0.05) is 36.8 Å². The molecule has 0 aliphatic heterocycles. The molecule has 0 bridgehead atoms. The van der Waals surface area contributed by atoms with Crippen molar-refractivity contribution < 1.29 is 0 Å². The molecule has 2 heteroatoms. The largest absolute Gasteiger partial charge is 0.331 e. The fraction of sp³-hybridized carbons (Fsp3) is 0.357. The molecule has 2 rings (SSSR count). The molecular formula is C14H18N2. The lowest BCUT2D eigenvalue weighted by atomic mass is 10.1. The molecule has 84 valence electrons. The lowest BCUT2D eigenvalue weighted by molar-refractivity contribution is 0.705. The van der Waals surface area contributed by atoms with Gasteiger partial charge >= 0.3 is 0 Å².